The maximum absolute atomic E-state index is 5.36. The lowest BCUT2D eigenvalue weighted by molar-refractivity contribution is 1.47. The molecular weight excluding hydrogens is 324 g/mol. The van der Waals surface area contributed by atoms with Crippen molar-refractivity contribution in [3.05, 3.63) is 95.6 Å². The molecule has 0 amide bonds. The summed E-state index contributed by atoms with van der Waals surface area (Å²) in [6.45, 7) is 2.06. The van der Waals surface area contributed by atoms with Crippen molar-refractivity contribution in [1.82, 2.24) is 0 Å². The van der Waals surface area contributed by atoms with Crippen LogP contribution in [0.1, 0.15) is 16.7 Å². The maximum Gasteiger partial charge on any atom is 0.175 e. The van der Waals surface area contributed by atoms with Crippen LogP contribution < -0.4 is 10.6 Å². The molecule has 0 aliphatic heterocycles. The lowest BCUT2D eigenvalue weighted by Crippen LogP contribution is -2.18. The van der Waals surface area contributed by atoms with E-state index in [1.807, 2.05) is 42.5 Å². The zero-order valence-electron chi connectivity index (χ0n) is 14.1. The number of aryl methyl sites for hydroxylation is 1. The van der Waals surface area contributed by atoms with Crippen molar-refractivity contribution >= 4 is 40.9 Å². The van der Waals surface area contributed by atoms with Gasteiger partial charge in [0.05, 0.1) is 0 Å². The summed E-state index contributed by atoms with van der Waals surface area (Å²) in [4.78, 5) is 0. The second-order valence-corrected chi connectivity index (χ2v) is 6.22. The molecule has 0 atom stereocenters. The number of hydrogen-bond acceptors (Lipinski definition) is 1. The molecule has 0 aliphatic carbocycles. The molecule has 124 valence electrons. The summed E-state index contributed by atoms with van der Waals surface area (Å²) in [5.74, 6) is 0. The first-order chi connectivity index (χ1) is 12.2. The lowest BCUT2D eigenvalue weighted by atomic mass is 10.1. The highest BCUT2D eigenvalue weighted by Crippen LogP contribution is 2.14. The molecule has 0 bridgehead atoms. The second kappa shape index (κ2) is 8.27. The van der Waals surface area contributed by atoms with E-state index in [2.05, 4.69) is 66.1 Å². The van der Waals surface area contributed by atoms with Crippen LogP contribution >= 0.6 is 12.2 Å². The van der Waals surface area contributed by atoms with E-state index in [0.717, 1.165) is 16.9 Å². The Labute approximate surface area is 154 Å². The van der Waals surface area contributed by atoms with Crippen LogP contribution in [0.3, 0.4) is 0 Å². The molecule has 0 radical (unpaired) electrons. The summed E-state index contributed by atoms with van der Waals surface area (Å²) >= 11 is 5.36. The van der Waals surface area contributed by atoms with E-state index in [1.54, 1.807) is 0 Å². The van der Waals surface area contributed by atoms with Crippen LogP contribution in [0.4, 0.5) is 11.4 Å². The van der Waals surface area contributed by atoms with Gasteiger partial charge in [-0.2, -0.15) is 0 Å². The number of nitrogens with one attached hydrogen (secondary N) is 2. The summed E-state index contributed by atoms with van der Waals surface area (Å²) in [7, 11) is 0. The molecule has 3 aromatic carbocycles. The number of rotatable bonds is 4. The van der Waals surface area contributed by atoms with Crippen LogP contribution in [0.5, 0.6) is 0 Å². The van der Waals surface area contributed by atoms with Gasteiger partial charge in [-0.3, -0.25) is 0 Å². The molecular formula is C22H20N2S. The van der Waals surface area contributed by atoms with Gasteiger partial charge in [0.15, 0.2) is 5.11 Å². The molecule has 0 aliphatic rings. The van der Waals surface area contributed by atoms with Gasteiger partial charge in [0.1, 0.15) is 0 Å². The molecule has 0 spiro atoms. The Morgan fingerprint density at radius 3 is 1.72 bits per heavy atom. The molecule has 0 unspecified atom stereocenters. The minimum Gasteiger partial charge on any atom is -0.332 e. The van der Waals surface area contributed by atoms with Gasteiger partial charge in [0.2, 0.25) is 0 Å². The van der Waals surface area contributed by atoms with Crippen molar-refractivity contribution in [2.75, 3.05) is 10.6 Å². The standard InChI is InChI=1S/C22H20N2S/c1-17-7-13-20(14-8-17)23-22(25)24-21-15-11-19(12-16-21)10-9-18-5-3-2-4-6-18/h2-16H,1H3,(H2,23,24,25)/b10-9+. The third kappa shape index (κ3) is 5.30. The minimum atomic E-state index is 0.580. The molecule has 0 saturated heterocycles. The Bertz CT molecular complexity index is 851. The Hall–Kier alpha value is -2.91. The largest absolute Gasteiger partial charge is 0.332 e. The number of thiocarbonyl (C=S) groups is 1. The van der Waals surface area contributed by atoms with Crippen molar-refractivity contribution in [3.63, 3.8) is 0 Å². The molecule has 3 aromatic rings. The van der Waals surface area contributed by atoms with Gasteiger partial charge in [-0.25, -0.2) is 0 Å². The van der Waals surface area contributed by atoms with Crippen molar-refractivity contribution in [2.45, 2.75) is 6.92 Å². The summed E-state index contributed by atoms with van der Waals surface area (Å²) in [5.41, 5.74) is 5.50. The first-order valence-corrected chi connectivity index (χ1v) is 8.58. The second-order valence-electron chi connectivity index (χ2n) is 5.81. The van der Waals surface area contributed by atoms with Crippen LogP contribution in [0.2, 0.25) is 0 Å². The highest BCUT2D eigenvalue weighted by Gasteiger charge is 1.99. The average Bonchev–Trinajstić information content (AvgIpc) is 2.64. The molecule has 2 N–H and O–H groups in total. The van der Waals surface area contributed by atoms with Gasteiger partial charge >= 0.3 is 0 Å². The Morgan fingerprint density at radius 1 is 0.680 bits per heavy atom. The fraction of sp³-hybridized carbons (Fsp3) is 0.0455. The molecule has 25 heavy (non-hydrogen) atoms. The predicted octanol–water partition coefficient (Wildman–Crippen LogP) is 5.97. The first kappa shape index (κ1) is 16.9. The summed E-state index contributed by atoms with van der Waals surface area (Å²) in [5, 5.41) is 6.97. The maximum atomic E-state index is 5.36. The number of benzene rings is 3. The van der Waals surface area contributed by atoms with E-state index in [0.29, 0.717) is 5.11 Å². The molecule has 3 rings (SSSR count). The van der Waals surface area contributed by atoms with Crippen LogP contribution in [-0.2, 0) is 0 Å². The van der Waals surface area contributed by atoms with Gasteiger partial charge in [-0.1, -0.05) is 72.3 Å². The number of anilines is 2. The van der Waals surface area contributed by atoms with Gasteiger partial charge in [0.25, 0.3) is 0 Å². The third-order valence-corrected chi connectivity index (χ3v) is 3.95. The molecule has 0 fully saturated rings. The van der Waals surface area contributed by atoms with Gasteiger partial charge < -0.3 is 10.6 Å². The van der Waals surface area contributed by atoms with E-state index >= 15 is 0 Å². The average molecular weight is 344 g/mol. The highest BCUT2D eigenvalue weighted by atomic mass is 32.1. The van der Waals surface area contributed by atoms with E-state index < -0.39 is 0 Å². The zero-order chi connectivity index (χ0) is 17.5. The van der Waals surface area contributed by atoms with Crippen molar-refractivity contribution in [2.24, 2.45) is 0 Å². The first-order valence-electron chi connectivity index (χ1n) is 8.17. The van der Waals surface area contributed by atoms with Crippen LogP contribution in [0, 0.1) is 6.92 Å². The molecule has 3 heteroatoms. The monoisotopic (exact) mass is 344 g/mol. The molecule has 0 saturated carbocycles. The summed E-state index contributed by atoms with van der Waals surface area (Å²) < 4.78 is 0. The SMILES string of the molecule is Cc1ccc(NC(=S)Nc2ccc(/C=C/c3ccccc3)cc2)cc1. The summed E-state index contributed by atoms with van der Waals surface area (Å²) in [6.07, 6.45) is 4.20. The van der Waals surface area contributed by atoms with Crippen LogP contribution in [0.25, 0.3) is 12.2 Å². The topological polar surface area (TPSA) is 24.1 Å². The van der Waals surface area contributed by atoms with Crippen molar-refractivity contribution in [1.29, 1.82) is 0 Å². The Balaban J connectivity index is 1.57. The van der Waals surface area contributed by atoms with Crippen LogP contribution in [-0.4, -0.2) is 5.11 Å². The Kier molecular flexibility index (Phi) is 5.60. The van der Waals surface area contributed by atoms with Crippen molar-refractivity contribution in [3.8, 4) is 0 Å². The lowest BCUT2D eigenvalue weighted by Gasteiger charge is -2.11. The predicted molar refractivity (Wildman–Crippen MR) is 113 cm³/mol. The minimum absolute atomic E-state index is 0.580. The van der Waals surface area contributed by atoms with Crippen molar-refractivity contribution < 1.29 is 0 Å². The van der Waals surface area contributed by atoms with Gasteiger partial charge in [-0.15, -0.1) is 0 Å². The summed E-state index contributed by atoms with van der Waals surface area (Å²) in [6, 6.07) is 26.6. The fourth-order valence-electron chi connectivity index (χ4n) is 2.36. The normalized spacial score (nSPS) is 10.6. The van der Waals surface area contributed by atoms with Crippen LogP contribution in [0.15, 0.2) is 78.9 Å². The number of hydrogen-bond donors (Lipinski definition) is 2. The quantitative estimate of drug-likeness (QED) is 0.450. The van der Waals surface area contributed by atoms with E-state index in [1.165, 1.54) is 11.1 Å². The van der Waals surface area contributed by atoms with Gasteiger partial charge in [-0.05, 0) is 54.5 Å². The molecule has 0 aromatic heterocycles. The highest BCUT2D eigenvalue weighted by molar-refractivity contribution is 7.80. The molecule has 0 heterocycles. The molecule has 2 nitrogen and oxygen atoms in total. The van der Waals surface area contributed by atoms with E-state index in [4.69, 9.17) is 12.2 Å². The fourth-order valence-corrected chi connectivity index (χ4v) is 2.60. The smallest absolute Gasteiger partial charge is 0.175 e. The third-order valence-electron chi connectivity index (χ3n) is 3.75. The van der Waals surface area contributed by atoms with E-state index in [9.17, 15) is 0 Å². The Morgan fingerprint density at radius 2 is 1.16 bits per heavy atom. The van der Waals surface area contributed by atoms with E-state index in [-0.39, 0.29) is 0 Å². The van der Waals surface area contributed by atoms with Gasteiger partial charge in [0, 0.05) is 11.4 Å². The zero-order valence-corrected chi connectivity index (χ0v) is 14.9.